The molecule has 0 radical (unpaired) electrons. The van der Waals surface area contributed by atoms with Gasteiger partial charge in [0.1, 0.15) is 29.4 Å². The molecule has 1 heterocycles. The van der Waals surface area contributed by atoms with Crippen molar-refractivity contribution in [2.45, 2.75) is 26.9 Å². The first-order chi connectivity index (χ1) is 17.0. The van der Waals surface area contributed by atoms with Crippen LogP contribution in [0.15, 0.2) is 65.1 Å². The Hall–Kier alpha value is -4.26. The molecule has 35 heavy (non-hydrogen) atoms. The molecule has 1 N–H and O–H groups in total. The van der Waals surface area contributed by atoms with Gasteiger partial charge in [0.05, 0.1) is 20.1 Å². The normalized spacial score (nSPS) is 10.7. The average molecular weight is 474 g/mol. The first-order valence-corrected chi connectivity index (χ1v) is 11.3. The van der Waals surface area contributed by atoms with Crippen molar-refractivity contribution in [2.24, 2.45) is 0 Å². The zero-order valence-electron chi connectivity index (χ0n) is 19.9. The highest BCUT2D eigenvalue weighted by Gasteiger charge is 2.16. The van der Waals surface area contributed by atoms with Crippen molar-refractivity contribution in [3.8, 4) is 22.6 Å². The lowest BCUT2D eigenvalue weighted by Crippen LogP contribution is -2.09. The lowest BCUT2D eigenvalue weighted by atomic mass is 10.0. The number of benzene rings is 3. The summed E-state index contributed by atoms with van der Waals surface area (Å²) < 4.78 is 22.6. The molecule has 7 heteroatoms. The van der Waals surface area contributed by atoms with Crippen molar-refractivity contribution >= 4 is 29.0 Å². The minimum Gasteiger partial charge on any atom is -0.497 e. The van der Waals surface area contributed by atoms with Crippen LogP contribution < -0.4 is 14.8 Å². The van der Waals surface area contributed by atoms with Gasteiger partial charge in [0, 0.05) is 28.3 Å². The fraction of sp³-hybridized carbons (Fsp3) is 0.214. The lowest BCUT2D eigenvalue weighted by molar-refractivity contribution is -0.142. The maximum absolute atomic E-state index is 12.1. The van der Waals surface area contributed by atoms with Crippen LogP contribution in [-0.2, 0) is 27.4 Å². The van der Waals surface area contributed by atoms with E-state index in [4.69, 9.17) is 18.6 Å². The summed E-state index contributed by atoms with van der Waals surface area (Å²) in [5, 5.41) is 3.62. The summed E-state index contributed by atoms with van der Waals surface area (Å²) in [6.45, 7) is 4.25. The number of amides is 1. The number of hydrogen-bond acceptors (Lipinski definition) is 6. The van der Waals surface area contributed by atoms with Gasteiger partial charge >= 0.3 is 5.97 Å². The van der Waals surface area contributed by atoms with Gasteiger partial charge in [-0.1, -0.05) is 24.3 Å². The van der Waals surface area contributed by atoms with Crippen molar-refractivity contribution in [3.63, 3.8) is 0 Å². The molecule has 180 valence electrons. The molecule has 7 nitrogen and oxygen atoms in total. The average Bonchev–Trinajstić information content (AvgIpc) is 3.18. The van der Waals surface area contributed by atoms with E-state index in [1.165, 1.54) is 0 Å². The molecule has 0 atom stereocenters. The molecule has 3 aromatic carbocycles. The molecule has 0 aliphatic heterocycles. The number of carbonyl (C=O) groups is 2. The van der Waals surface area contributed by atoms with Crippen molar-refractivity contribution in [3.05, 3.63) is 77.6 Å². The minimum absolute atomic E-state index is 0.105. The number of aryl methyl sites for hydroxylation is 1. The second kappa shape index (κ2) is 10.8. The largest absolute Gasteiger partial charge is 0.497 e. The predicted octanol–water partition coefficient (Wildman–Crippen LogP) is 5.67. The molecule has 1 aromatic heterocycles. The minimum atomic E-state index is -0.316. The van der Waals surface area contributed by atoms with Crippen molar-refractivity contribution in [2.75, 3.05) is 19.0 Å². The molecular weight excluding hydrogens is 446 g/mol. The molecule has 4 rings (SSSR count). The van der Waals surface area contributed by atoms with Gasteiger partial charge in [0.25, 0.3) is 0 Å². The molecule has 0 aliphatic carbocycles. The highest BCUT2D eigenvalue weighted by Crippen LogP contribution is 2.33. The standard InChI is InChI=1S/C28H27NO6/c1-4-33-28(31)14-21-8-10-23(32-3)15-27(21)34-16-25-18(2)35-26-11-9-20(13-24(25)26)19-6-5-7-22(12-19)29-17-30/h5-13,15,17H,4,14,16H2,1-3H3,(H,29,30). The van der Waals surface area contributed by atoms with Crippen molar-refractivity contribution in [1.29, 1.82) is 0 Å². The van der Waals surface area contributed by atoms with Gasteiger partial charge in [-0.15, -0.1) is 0 Å². The monoisotopic (exact) mass is 473 g/mol. The second-order valence-electron chi connectivity index (χ2n) is 7.93. The van der Waals surface area contributed by atoms with E-state index in [2.05, 4.69) is 11.4 Å². The molecule has 0 saturated heterocycles. The third-order valence-corrected chi connectivity index (χ3v) is 5.70. The number of furan rings is 1. The summed E-state index contributed by atoms with van der Waals surface area (Å²) in [5.74, 6) is 1.62. The fourth-order valence-corrected chi connectivity index (χ4v) is 3.95. The Morgan fingerprint density at radius 3 is 2.66 bits per heavy atom. The Bertz CT molecular complexity index is 1360. The van der Waals surface area contributed by atoms with Crippen LogP contribution in [0.5, 0.6) is 11.5 Å². The summed E-state index contributed by atoms with van der Waals surface area (Å²) in [5.41, 5.74) is 5.05. The van der Waals surface area contributed by atoms with Gasteiger partial charge in [-0.05, 0) is 55.3 Å². The highest BCUT2D eigenvalue weighted by molar-refractivity contribution is 5.88. The van der Waals surface area contributed by atoms with Crippen LogP contribution in [-0.4, -0.2) is 26.1 Å². The predicted molar refractivity (Wildman–Crippen MR) is 134 cm³/mol. The van der Waals surface area contributed by atoms with Crippen molar-refractivity contribution in [1.82, 2.24) is 0 Å². The highest BCUT2D eigenvalue weighted by atomic mass is 16.5. The first kappa shape index (κ1) is 23.9. The Morgan fingerprint density at radius 1 is 1.06 bits per heavy atom. The Kier molecular flexibility index (Phi) is 7.35. The molecule has 0 spiro atoms. The summed E-state index contributed by atoms with van der Waals surface area (Å²) in [4.78, 5) is 22.9. The van der Waals surface area contributed by atoms with Gasteiger partial charge in [-0.2, -0.15) is 0 Å². The van der Waals surface area contributed by atoms with Crippen LogP contribution in [0.2, 0.25) is 0 Å². The van der Waals surface area contributed by atoms with Gasteiger partial charge in [0.15, 0.2) is 0 Å². The Balaban J connectivity index is 1.64. The summed E-state index contributed by atoms with van der Waals surface area (Å²) in [6.07, 6.45) is 0.763. The molecule has 0 aliphatic rings. The summed E-state index contributed by atoms with van der Waals surface area (Å²) >= 11 is 0. The second-order valence-corrected chi connectivity index (χ2v) is 7.93. The molecule has 0 saturated carbocycles. The Labute approximate surface area is 203 Å². The van der Waals surface area contributed by atoms with E-state index in [0.29, 0.717) is 24.5 Å². The quantitative estimate of drug-likeness (QED) is 0.236. The van der Waals surface area contributed by atoms with Crippen LogP contribution >= 0.6 is 0 Å². The van der Waals surface area contributed by atoms with Crippen LogP contribution in [0, 0.1) is 6.92 Å². The number of nitrogens with one attached hydrogen (secondary N) is 1. The molecule has 0 bridgehead atoms. The Morgan fingerprint density at radius 2 is 1.89 bits per heavy atom. The van der Waals surface area contributed by atoms with E-state index in [9.17, 15) is 9.59 Å². The maximum Gasteiger partial charge on any atom is 0.310 e. The van der Waals surface area contributed by atoms with Crippen LogP contribution in [0.3, 0.4) is 0 Å². The smallest absolute Gasteiger partial charge is 0.310 e. The SMILES string of the molecule is CCOC(=O)Cc1ccc(OC)cc1OCc1c(C)oc2ccc(-c3cccc(NC=O)c3)cc12. The number of carbonyl (C=O) groups excluding carboxylic acids is 2. The zero-order valence-corrected chi connectivity index (χ0v) is 19.9. The van der Waals surface area contributed by atoms with Gasteiger partial charge in [-0.25, -0.2) is 0 Å². The first-order valence-electron chi connectivity index (χ1n) is 11.3. The van der Waals surface area contributed by atoms with Gasteiger partial charge in [0.2, 0.25) is 6.41 Å². The van der Waals surface area contributed by atoms with Crippen molar-refractivity contribution < 1.29 is 28.2 Å². The van der Waals surface area contributed by atoms with Crippen LogP contribution in [0.4, 0.5) is 5.69 Å². The number of methoxy groups -OCH3 is 1. The van der Waals surface area contributed by atoms with Crippen LogP contribution in [0.1, 0.15) is 23.8 Å². The molecule has 0 unspecified atom stereocenters. The number of ether oxygens (including phenoxy) is 3. The van der Waals surface area contributed by atoms with E-state index < -0.39 is 0 Å². The molecular formula is C28H27NO6. The summed E-state index contributed by atoms with van der Waals surface area (Å²) in [6, 6.07) is 19.0. The third kappa shape index (κ3) is 5.46. The number of fused-ring (bicyclic) bond motifs is 1. The molecule has 1 amide bonds. The topological polar surface area (TPSA) is 87.0 Å². The van der Waals surface area contributed by atoms with Gasteiger partial charge in [-0.3, -0.25) is 9.59 Å². The third-order valence-electron chi connectivity index (χ3n) is 5.70. The fourth-order valence-electron chi connectivity index (χ4n) is 3.95. The van der Waals surface area contributed by atoms with E-state index in [0.717, 1.165) is 44.7 Å². The van der Waals surface area contributed by atoms with Crippen LogP contribution in [0.25, 0.3) is 22.1 Å². The number of hydrogen-bond donors (Lipinski definition) is 1. The van der Waals surface area contributed by atoms with E-state index in [-0.39, 0.29) is 19.0 Å². The number of esters is 1. The maximum atomic E-state index is 12.1. The van der Waals surface area contributed by atoms with Gasteiger partial charge < -0.3 is 23.9 Å². The zero-order chi connectivity index (χ0) is 24.8. The lowest BCUT2D eigenvalue weighted by Gasteiger charge is -2.13. The molecule has 4 aromatic rings. The number of anilines is 1. The van der Waals surface area contributed by atoms with E-state index in [1.807, 2.05) is 49.4 Å². The molecule has 0 fully saturated rings. The van der Waals surface area contributed by atoms with E-state index in [1.54, 1.807) is 26.2 Å². The summed E-state index contributed by atoms with van der Waals surface area (Å²) in [7, 11) is 1.58. The van der Waals surface area contributed by atoms with E-state index >= 15 is 0 Å². The number of rotatable bonds is 10.